The predicted octanol–water partition coefficient (Wildman–Crippen LogP) is 4.36. The summed E-state index contributed by atoms with van der Waals surface area (Å²) in [5, 5.41) is 11.2. The lowest BCUT2D eigenvalue weighted by molar-refractivity contribution is -0.352. The third kappa shape index (κ3) is 3.22. The molecule has 1 amide bonds. The minimum Gasteiger partial charge on any atom is -0.432 e. The standard InChI is InChI=1S/C20H16BrF3N4O4/c21-10-1-2-13-12(5-10)25-16(30-13)14(29)26-19-6-18(7-19,8-19)17-28-27-15(31-17)9-3-11(4-9)32-20(22,23)24/h1-2,5,9,11H,3-4,6-8H2,(H,26,29). The van der Waals surface area contributed by atoms with E-state index in [1.165, 1.54) is 0 Å². The van der Waals surface area contributed by atoms with Gasteiger partial charge >= 0.3 is 12.3 Å². The van der Waals surface area contributed by atoms with Gasteiger partial charge in [-0.25, -0.2) is 4.98 Å². The van der Waals surface area contributed by atoms with Crippen molar-refractivity contribution < 1.29 is 31.5 Å². The van der Waals surface area contributed by atoms with Crippen LogP contribution in [0.4, 0.5) is 13.2 Å². The molecule has 0 aliphatic heterocycles. The largest absolute Gasteiger partial charge is 0.522 e. The van der Waals surface area contributed by atoms with E-state index in [0.29, 0.717) is 42.1 Å². The molecule has 0 radical (unpaired) electrons. The van der Waals surface area contributed by atoms with Crippen molar-refractivity contribution in [3.63, 3.8) is 0 Å². The highest BCUT2D eigenvalue weighted by Gasteiger charge is 2.72. The highest BCUT2D eigenvalue weighted by atomic mass is 79.9. The number of aromatic nitrogens is 3. The normalized spacial score (nSPS) is 31.0. The molecule has 4 fully saturated rings. The number of rotatable bonds is 5. The van der Waals surface area contributed by atoms with Crippen molar-refractivity contribution >= 4 is 32.9 Å². The summed E-state index contributed by atoms with van der Waals surface area (Å²) >= 11 is 3.36. The van der Waals surface area contributed by atoms with Crippen LogP contribution in [0.25, 0.3) is 11.1 Å². The second-order valence-electron chi connectivity index (χ2n) is 8.98. The maximum atomic E-state index is 12.6. The Hall–Kier alpha value is -2.47. The van der Waals surface area contributed by atoms with E-state index >= 15 is 0 Å². The van der Waals surface area contributed by atoms with Crippen molar-refractivity contribution in [1.29, 1.82) is 0 Å². The maximum Gasteiger partial charge on any atom is 0.522 e. The van der Waals surface area contributed by atoms with E-state index in [1.807, 2.05) is 6.07 Å². The molecule has 1 aromatic carbocycles. The van der Waals surface area contributed by atoms with Crippen molar-refractivity contribution in [2.24, 2.45) is 0 Å². The number of hydrogen-bond acceptors (Lipinski definition) is 7. The van der Waals surface area contributed by atoms with Crippen molar-refractivity contribution in [2.75, 3.05) is 0 Å². The minimum atomic E-state index is -4.63. The first kappa shape index (κ1) is 20.2. The molecule has 0 saturated heterocycles. The summed E-state index contributed by atoms with van der Waals surface area (Å²) in [4.78, 5) is 16.9. The van der Waals surface area contributed by atoms with Crippen LogP contribution in [-0.2, 0) is 10.2 Å². The lowest BCUT2D eigenvalue weighted by atomic mass is 9.39. The molecule has 168 valence electrons. The number of alkyl halides is 3. The molecule has 2 bridgehead atoms. The van der Waals surface area contributed by atoms with Gasteiger partial charge in [-0.15, -0.1) is 23.4 Å². The van der Waals surface area contributed by atoms with Gasteiger partial charge in [-0.05, 0) is 50.3 Å². The summed E-state index contributed by atoms with van der Waals surface area (Å²) in [5.74, 6) is 0.251. The quantitative estimate of drug-likeness (QED) is 0.541. The Labute approximate surface area is 187 Å². The SMILES string of the molecule is O=C(NC12CC(c3nnc(C4CC(OC(F)(F)F)C4)o3)(C1)C2)c1nc2cc(Br)ccc2o1. The van der Waals surface area contributed by atoms with E-state index in [0.717, 1.165) is 4.47 Å². The molecule has 4 saturated carbocycles. The van der Waals surface area contributed by atoms with Gasteiger partial charge in [0.05, 0.1) is 11.5 Å². The fraction of sp³-hybridized carbons (Fsp3) is 0.500. The number of fused-ring (bicyclic) bond motifs is 1. The average molecular weight is 513 g/mol. The van der Waals surface area contributed by atoms with Gasteiger partial charge in [0, 0.05) is 15.9 Å². The fourth-order valence-electron chi connectivity index (χ4n) is 5.11. The molecule has 32 heavy (non-hydrogen) atoms. The summed E-state index contributed by atoms with van der Waals surface area (Å²) in [6, 6.07) is 5.33. The average Bonchev–Trinajstić information content (AvgIpc) is 3.25. The van der Waals surface area contributed by atoms with Crippen molar-refractivity contribution in [1.82, 2.24) is 20.5 Å². The Morgan fingerprint density at radius 1 is 1.19 bits per heavy atom. The number of nitrogens with one attached hydrogen (secondary N) is 1. The van der Waals surface area contributed by atoms with E-state index in [2.05, 4.69) is 41.2 Å². The lowest BCUT2D eigenvalue weighted by Crippen LogP contribution is -2.76. The summed E-state index contributed by atoms with van der Waals surface area (Å²) in [6.07, 6.45) is -3.12. The molecule has 0 spiro atoms. The first-order valence-electron chi connectivity index (χ1n) is 10.1. The number of oxazole rings is 1. The Bertz CT molecular complexity index is 1210. The Balaban J connectivity index is 1.06. The highest BCUT2D eigenvalue weighted by molar-refractivity contribution is 9.10. The minimum absolute atomic E-state index is 0.0116. The fourth-order valence-corrected chi connectivity index (χ4v) is 5.45. The van der Waals surface area contributed by atoms with Crippen molar-refractivity contribution in [2.45, 2.75) is 61.4 Å². The van der Waals surface area contributed by atoms with Gasteiger partial charge < -0.3 is 14.2 Å². The molecule has 0 atom stereocenters. The predicted molar refractivity (Wildman–Crippen MR) is 105 cm³/mol. The van der Waals surface area contributed by atoms with Gasteiger partial charge in [0.2, 0.25) is 11.8 Å². The molecule has 2 heterocycles. The third-order valence-electron chi connectivity index (χ3n) is 6.59. The Morgan fingerprint density at radius 2 is 1.94 bits per heavy atom. The molecule has 12 heteroatoms. The van der Waals surface area contributed by atoms with E-state index in [-0.39, 0.29) is 41.5 Å². The second kappa shape index (κ2) is 6.53. The third-order valence-corrected chi connectivity index (χ3v) is 7.08. The van der Waals surface area contributed by atoms with Crippen LogP contribution in [-0.4, -0.2) is 39.1 Å². The molecule has 2 aromatic heterocycles. The summed E-state index contributed by atoms with van der Waals surface area (Å²) in [5.41, 5.74) is 0.492. The highest BCUT2D eigenvalue weighted by Crippen LogP contribution is 2.67. The van der Waals surface area contributed by atoms with Gasteiger partial charge in [-0.2, -0.15) is 0 Å². The smallest absolute Gasteiger partial charge is 0.432 e. The molecular weight excluding hydrogens is 497 g/mol. The van der Waals surface area contributed by atoms with Crippen LogP contribution in [0.5, 0.6) is 0 Å². The van der Waals surface area contributed by atoms with Gasteiger partial charge in [0.1, 0.15) is 5.52 Å². The number of carbonyl (C=O) groups excluding carboxylic acids is 1. The molecule has 7 rings (SSSR count). The number of benzene rings is 1. The monoisotopic (exact) mass is 512 g/mol. The molecule has 4 aliphatic rings. The summed E-state index contributed by atoms with van der Waals surface area (Å²) in [7, 11) is 0. The summed E-state index contributed by atoms with van der Waals surface area (Å²) in [6.45, 7) is 0. The molecular formula is C20H16BrF3N4O4. The number of amides is 1. The number of ether oxygens (including phenoxy) is 1. The van der Waals surface area contributed by atoms with Crippen LogP contribution >= 0.6 is 15.9 Å². The van der Waals surface area contributed by atoms with E-state index in [9.17, 15) is 18.0 Å². The van der Waals surface area contributed by atoms with Gasteiger partial charge in [0.25, 0.3) is 5.89 Å². The van der Waals surface area contributed by atoms with Crippen LogP contribution in [0, 0.1) is 0 Å². The summed E-state index contributed by atoms with van der Waals surface area (Å²) < 4.78 is 53.0. The molecule has 8 nitrogen and oxygen atoms in total. The molecule has 1 N–H and O–H groups in total. The van der Waals surface area contributed by atoms with Crippen LogP contribution in [0.3, 0.4) is 0 Å². The van der Waals surface area contributed by atoms with E-state index < -0.39 is 12.5 Å². The van der Waals surface area contributed by atoms with Crippen LogP contribution in [0.15, 0.2) is 31.5 Å². The Morgan fingerprint density at radius 3 is 2.66 bits per heavy atom. The first-order valence-corrected chi connectivity index (χ1v) is 10.9. The van der Waals surface area contributed by atoms with Crippen molar-refractivity contribution in [3.8, 4) is 0 Å². The number of carbonyl (C=O) groups is 1. The van der Waals surface area contributed by atoms with Crippen LogP contribution in [0.1, 0.15) is 60.5 Å². The number of halogens is 4. The maximum absolute atomic E-state index is 12.6. The van der Waals surface area contributed by atoms with Crippen LogP contribution in [0.2, 0.25) is 0 Å². The van der Waals surface area contributed by atoms with E-state index in [4.69, 9.17) is 8.83 Å². The van der Waals surface area contributed by atoms with Crippen LogP contribution < -0.4 is 5.32 Å². The van der Waals surface area contributed by atoms with Gasteiger partial charge in [-0.3, -0.25) is 9.53 Å². The lowest BCUT2D eigenvalue weighted by Gasteiger charge is -2.68. The van der Waals surface area contributed by atoms with Crippen molar-refractivity contribution in [3.05, 3.63) is 40.3 Å². The molecule has 0 unspecified atom stereocenters. The molecule has 3 aromatic rings. The zero-order valence-electron chi connectivity index (χ0n) is 16.4. The Kier molecular flexibility index (Phi) is 4.12. The molecule has 4 aliphatic carbocycles. The zero-order chi connectivity index (χ0) is 22.3. The number of nitrogens with zero attached hydrogens (tertiary/aromatic N) is 3. The topological polar surface area (TPSA) is 103 Å². The van der Waals surface area contributed by atoms with E-state index in [1.54, 1.807) is 12.1 Å². The van der Waals surface area contributed by atoms with Gasteiger partial charge in [-0.1, -0.05) is 15.9 Å². The second-order valence-corrected chi connectivity index (χ2v) is 9.89. The zero-order valence-corrected chi connectivity index (χ0v) is 18.0. The first-order chi connectivity index (χ1) is 15.1. The number of hydrogen-bond donors (Lipinski definition) is 1. The van der Waals surface area contributed by atoms with Gasteiger partial charge in [0.15, 0.2) is 5.58 Å².